The highest BCUT2D eigenvalue weighted by atomic mass is 35.5. The van der Waals surface area contributed by atoms with Crippen molar-refractivity contribution in [1.29, 1.82) is 0 Å². The molecule has 0 fully saturated rings. The van der Waals surface area contributed by atoms with Crippen molar-refractivity contribution in [3.05, 3.63) is 101 Å². The molecule has 188 valence electrons. The topological polar surface area (TPSA) is 59.2 Å². The quantitative estimate of drug-likeness (QED) is 0.235. The zero-order chi connectivity index (χ0) is 26.6. The van der Waals surface area contributed by atoms with E-state index < -0.39 is 5.82 Å². The lowest BCUT2D eigenvalue weighted by Gasteiger charge is -2.23. The van der Waals surface area contributed by atoms with Crippen LogP contribution in [0.2, 0.25) is 5.02 Å². The largest absolute Gasteiger partial charge is 0.507 e. The van der Waals surface area contributed by atoms with Gasteiger partial charge in [-0.3, -0.25) is 0 Å². The number of phenolic OH excluding ortho intramolecular Hbond substituents is 1. The van der Waals surface area contributed by atoms with Crippen LogP contribution < -0.4 is 0 Å². The highest BCUT2D eigenvalue weighted by Crippen LogP contribution is 2.46. The van der Waals surface area contributed by atoms with Gasteiger partial charge >= 0.3 is 0 Å². The second kappa shape index (κ2) is 8.96. The van der Waals surface area contributed by atoms with E-state index >= 15 is 0 Å². The van der Waals surface area contributed by atoms with Crippen LogP contribution in [0.15, 0.2) is 89.5 Å². The molecule has 0 saturated carbocycles. The Kier molecular flexibility index (Phi) is 5.69. The van der Waals surface area contributed by atoms with E-state index in [1.165, 1.54) is 12.1 Å². The number of hydrogen-bond acceptors (Lipinski definition) is 4. The number of aromatic nitrogens is 2. The third kappa shape index (κ3) is 4.00. The Morgan fingerprint density at radius 2 is 1.42 bits per heavy atom. The molecule has 0 saturated heterocycles. The summed E-state index contributed by atoms with van der Waals surface area (Å²) >= 11 is 6.23. The van der Waals surface area contributed by atoms with Crippen LogP contribution in [0.3, 0.4) is 0 Å². The fraction of sp³-hybridized carbons (Fsp3) is 0.125. The van der Waals surface area contributed by atoms with E-state index in [0.717, 1.165) is 32.7 Å². The number of nitrogens with zero attached hydrogens (tertiary/aromatic N) is 2. The zero-order valence-corrected chi connectivity index (χ0v) is 21.8. The highest BCUT2D eigenvalue weighted by molar-refractivity contribution is 6.33. The molecular formula is C32H24ClFN2O2. The summed E-state index contributed by atoms with van der Waals surface area (Å²) in [5.41, 5.74) is 2.73. The summed E-state index contributed by atoms with van der Waals surface area (Å²) in [6, 6.07) is 26.7. The molecule has 0 spiro atoms. The number of phenols is 1. The van der Waals surface area contributed by atoms with Crippen molar-refractivity contribution in [2.24, 2.45) is 0 Å². The van der Waals surface area contributed by atoms with E-state index in [9.17, 15) is 9.50 Å². The Morgan fingerprint density at radius 3 is 2.05 bits per heavy atom. The minimum absolute atomic E-state index is 0.0199. The van der Waals surface area contributed by atoms with Gasteiger partial charge < -0.3 is 9.63 Å². The molecule has 0 amide bonds. The minimum Gasteiger partial charge on any atom is -0.507 e. The normalized spacial score (nSPS) is 11.9. The number of rotatable bonds is 3. The molecule has 4 nitrogen and oxygen atoms in total. The molecule has 5 aromatic carbocycles. The third-order valence-corrected chi connectivity index (χ3v) is 7.18. The number of halogens is 2. The van der Waals surface area contributed by atoms with Crippen molar-refractivity contribution in [1.82, 2.24) is 10.1 Å². The first-order valence-electron chi connectivity index (χ1n) is 12.3. The lowest BCUT2D eigenvalue weighted by molar-refractivity contribution is 0.428. The van der Waals surface area contributed by atoms with Crippen LogP contribution in [0.4, 0.5) is 4.39 Å². The van der Waals surface area contributed by atoms with Crippen molar-refractivity contribution in [2.75, 3.05) is 0 Å². The first-order chi connectivity index (χ1) is 18.2. The highest BCUT2D eigenvalue weighted by Gasteiger charge is 2.25. The predicted octanol–water partition coefficient (Wildman–Crippen LogP) is 9.17. The van der Waals surface area contributed by atoms with E-state index in [-0.39, 0.29) is 33.5 Å². The van der Waals surface area contributed by atoms with Crippen LogP contribution in [-0.2, 0) is 5.41 Å². The maximum atomic E-state index is 14.6. The maximum absolute atomic E-state index is 14.6. The first kappa shape index (κ1) is 24.1. The van der Waals surface area contributed by atoms with E-state index in [2.05, 4.69) is 61.2 Å². The Morgan fingerprint density at radius 1 is 0.789 bits per heavy atom. The fourth-order valence-electron chi connectivity index (χ4n) is 4.87. The first-order valence-corrected chi connectivity index (χ1v) is 12.7. The number of benzene rings is 5. The Labute approximate surface area is 224 Å². The summed E-state index contributed by atoms with van der Waals surface area (Å²) in [4.78, 5) is 4.45. The fourth-order valence-corrected chi connectivity index (χ4v) is 5.11. The van der Waals surface area contributed by atoms with Gasteiger partial charge in [0.25, 0.3) is 5.89 Å². The van der Waals surface area contributed by atoms with Crippen LogP contribution in [0.1, 0.15) is 26.3 Å². The van der Waals surface area contributed by atoms with Crippen molar-refractivity contribution in [3.63, 3.8) is 0 Å². The minimum atomic E-state index is -0.566. The van der Waals surface area contributed by atoms with Crippen LogP contribution in [-0.4, -0.2) is 15.2 Å². The van der Waals surface area contributed by atoms with Gasteiger partial charge in [-0.05, 0) is 62.9 Å². The van der Waals surface area contributed by atoms with E-state index in [1.54, 1.807) is 6.07 Å². The number of aromatic hydroxyl groups is 1. The molecule has 1 N–H and O–H groups in total. The molecule has 6 aromatic rings. The van der Waals surface area contributed by atoms with Crippen molar-refractivity contribution in [3.8, 4) is 39.7 Å². The molecule has 0 aliphatic carbocycles. The summed E-state index contributed by atoms with van der Waals surface area (Å²) < 4.78 is 20.0. The van der Waals surface area contributed by atoms with Crippen molar-refractivity contribution in [2.45, 2.75) is 26.2 Å². The van der Waals surface area contributed by atoms with Gasteiger partial charge in [-0.25, -0.2) is 4.39 Å². The van der Waals surface area contributed by atoms with Crippen LogP contribution in [0.25, 0.3) is 55.5 Å². The van der Waals surface area contributed by atoms with Crippen molar-refractivity contribution >= 4 is 33.1 Å². The lowest BCUT2D eigenvalue weighted by atomic mass is 9.82. The Balaban J connectivity index is 1.65. The Bertz CT molecular complexity index is 1780. The molecule has 6 heteroatoms. The van der Waals surface area contributed by atoms with Gasteiger partial charge in [-0.1, -0.05) is 92.1 Å². The molecule has 1 heterocycles. The molecule has 38 heavy (non-hydrogen) atoms. The van der Waals surface area contributed by atoms with E-state index in [4.69, 9.17) is 16.1 Å². The molecule has 6 rings (SSSR count). The van der Waals surface area contributed by atoms with Gasteiger partial charge in [-0.15, -0.1) is 0 Å². The van der Waals surface area contributed by atoms with Crippen LogP contribution >= 0.6 is 11.6 Å². The number of fused-ring (bicyclic) bond motifs is 2. The Hall–Kier alpha value is -4.22. The van der Waals surface area contributed by atoms with Crippen molar-refractivity contribution < 1.29 is 14.0 Å². The molecular weight excluding hydrogens is 499 g/mol. The van der Waals surface area contributed by atoms with Gasteiger partial charge in [0.15, 0.2) is 0 Å². The predicted molar refractivity (Wildman–Crippen MR) is 151 cm³/mol. The third-order valence-electron chi connectivity index (χ3n) is 6.86. The second-order valence-electron chi connectivity index (χ2n) is 10.4. The molecule has 0 bridgehead atoms. The van der Waals surface area contributed by atoms with Gasteiger partial charge in [0, 0.05) is 11.1 Å². The van der Waals surface area contributed by atoms with Gasteiger partial charge in [0.2, 0.25) is 5.82 Å². The molecule has 1 aromatic heterocycles. The maximum Gasteiger partial charge on any atom is 0.262 e. The monoisotopic (exact) mass is 522 g/mol. The summed E-state index contributed by atoms with van der Waals surface area (Å²) in [5.74, 6) is -0.454. The lowest BCUT2D eigenvalue weighted by Crippen LogP contribution is -2.11. The summed E-state index contributed by atoms with van der Waals surface area (Å²) in [7, 11) is 0. The summed E-state index contributed by atoms with van der Waals surface area (Å²) in [5, 5.41) is 20.2. The number of hydrogen-bond donors (Lipinski definition) is 1. The van der Waals surface area contributed by atoms with Gasteiger partial charge in [-0.2, -0.15) is 4.98 Å². The average molecular weight is 523 g/mol. The van der Waals surface area contributed by atoms with E-state index in [1.807, 2.05) is 36.4 Å². The van der Waals surface area contributed by atoms with Gasteiger partial charge in [0.1, 0.15) is 11.6 Å². The van der Waals surface area contributed by atoms with Crippen LogP contribution in [0.5, 0.6) is 5.75 Å². The summed E-state index contributed by atoms with van der Waals surface area (Å²) in [6.45, 7) is 6.32. The summed E-state index contributed by atoms with van der Waals surface area (Å²) in [6.07, 6.45) is 0. The standard InChI is InChI=1S/C32H24ClFN2O2/c1-32(2,3)20-16-23(27-21-11-6-4-9-18(21)15-19-10-5-7-12-22(19)27)29(37)24(17-20)30-35-31(38-36-30)28-25(33)13-8-14-26(28)34/h4-17,37H,1-3H3. The second-order valence-corrected chi connectivity index (χ2v) is 10.8. The molecule has 0 unspecified atom stereocenters. The average Bonchev–Trinajstić information content (AvgIpc) is 3.36. The van der Waals surface area contributed by atoms with Gasteiger partial charge in [0.05, 0.1) is 16.1 Å². The molecule has 0 radical (unpaired) electrons. The smallest absolute Gasteiger partial charge is 0.262 e. The zero-order valence-electron chi connectivity index (χ0n) is 21.1. The molecule has 0 atom stereocenters. The SMILES string of the molecule is CC(C)(C)c1cc(-c2noc(-c3c(F)cccc3Cl)n2)c(O)c(-c2c3ccccc3cc3ccccc23)c1. The molecule has 0 aliphatic rings. The van der Waals surface area contributed by atoms with Crippen LogP contribution in [0, 0.1) is 5.82 Å². The molecule has 0 aliphatic heterocycles. The van der Waals surface area contributed by atoms with E-state index in [0.29, 0.717) is 11.1 Å².